The van der Waals surface area contributed by atoms with E-state index in [9.17, 15) is 0 Å². The van der Waals surface area contributed by atoms with Crippen LogP contribution in [0.5, 0.6) is 0 Å². The molecular weight excluding hydrogens is 320 g/mol. The molecule has 1 aliphatic rings. The largest absolute Gasteiger partial charge is 0.372 e. The lowest BCUT2D eigenvalue weighted by atomic mass is 10.1. The van der Waals surface area contributed by atoms with E-state index in [2.05, 4.69) is 41.9 Å². The number of carbonyl (C=O) groups excluding carboxylic acids is 1. The van der Waals surface area contributed by atoms with Crippen molar-refractivity contribution in [3.05, 3.63) is 28.9 Å². The molecule has 0 atom stereocenters. The van der Waals surface area contributed by atoms with Crippen LogP contribution in [0, 0.1) is 0 Å². The van der Waals surface area contributed by atoms with Crippen molar-refractivity contribution in [1.29, 1.82) is 0 Å². The first-order valence-electron chi connectivity index (χ1n) is 8.28. The monoisotopic (exact) mass is 344 g/mol. The molecule has 0 bridgehead atoms. The number of nitrogens with one attached hydrogen (secondary N) is 1. The number of thiophene rings is 1. The van der Waals surface area contributed by atoms with E-state index in [1.165, 1.54) is 32.3 Å². The Kier molecular flexibility index (Phi) is 6.93. The molecule has 6 heteroatoms. The first kappa shape index (κ1) is 18.1. The molecule has 3 heterocycles. The Hall–Kier alpha value is -2.21. The quantitative estimate of drug-likeness (QED) is 0.784. The lowest BCUT2D eigenvalue weighted by Gasteiger charge is -2.05. The Labute approximate surface area is 146 Å². The molecule has 1 aliphatic heterocycles. The van der Waals surface area contributed by atoms with Crippen LogP contribution >= 0.6 is 11.3 Å². The normalized spacial score (nSPS) is 12.7. The van der Waals surface area contributed by atoms with Crippen LogP contribution in [0.2, 0.25) is 0 Å². The molecule has 24 heavy (non-hydrogen) atoms. The number of hydrogen-bond donors (Lipinski definition) is 2. The zero-order valence-corrected chi connectivity index (χ0v) is 15.0. The smallest absolute Gasteiger partial charge is 0.204 e. The molecule has 5 nitrogen and oxygen atoms in total. The van der Waals surface area contributed by atoms with Crippen LogP contribution in [0.4, 0.5) is 5.69 Å². The van der Waals surface area contributed by atoms with Crippen LogP contribution in [-0.4, -0.2) is 22.3 Å². The fourth-order valence-corrected chi connectivity index (χ4v) is 3.96. The average molecular weight is 344 g/mol. The Morgan fingerprint density at radius 2 is 2.08 bits per heavy atom. The second-order valence-electron chi connectivity index (χ2n) is 5.53. The third-order valence-electron chi connectivity index (χ3n) is 3.70. The van der Waals surface area contributed by atoms with E-state index in [1.54, 1.807) is 0 Å². The van der Waals surface area contributed by atoms with Crippen molar-refractivity contribution in [2.24, 2.45) is 10.7 Å². The van der Waals surface area contributed by atoms with E-state index >= 15 is 0 Å². The van der Waals surface area contributed by atoms with Crippen LogP contribution in [0.1, 0.15) is 50.0 Å². The van der Waals surface area contributed by atoms with E-state index in [4.69, 9.17) is 9.79 Å². The summed E-state index contributed by atoms with van der Waals surface area (Å²) in [7, 11) is 0. The van der Waals surface area contributed by atoms with Crippen LogP contribution in [0.15, 0.2) is 23.5 Å². The van der Waals surface area contributed by atoms with Crippen molar-refractivity contribution >= 4 is 35.2 Å². The number of H-pyrrole nitrogens is 1. The molecule has 1 amide bonds. The van der Waals surface area contributed by atoms with Crippen molar-refractivity contribution in [3.63, 3.8) is 0 Å². The summed E-state index contributed by atoms with van der Waals surface area (Å²) >= 11 is 1.84. The Morgan fingerprint density at radius 1 is 1.33 bits per heavy atom. The van der Waals surface area contributed by atoms with Gasteiger partial charge in [0.15, 0.2) is 0 Å². The summed E-state index contributed by atoms with van der Waals surface area (Å²) in [5.74, 6) is 0. The van der Waals surface area contributed by atoms with Crippen molar-refractivity contribution in [1.82, 2.24) is 10.2 Å². The highest BCUT2D eigenvalue weighted by atomic mass is 32.1. The van der Waals surface area contributed by atoms with Crippen molar-refractivity contribution in [3.8, 4) is 10.4 Å². The van der Waals surface area contributed by atoms with Gasteiger partial charge in [-0.25, -0.2) is 0 Å². The topological polar surface area (TPSA) is 84.1 Å². The number of allylic oxidation sites excluding steroid dienone is 1. The fraction of sp³-hybridized carbons (Fsp3) is 0.389. The van der Waals surface area contributed by atoms with Gasteiger partial charge in [-0.3, -0.25) is 14.9 Å². The minimum atomic E-state index is 0.250. The van der Waals surface area contributed by atoms with Crippen molar-refractivity contribution < 1.29 is 4.79 Å². The van der Waals surface area contributed by atoms with Crippen molar-refractivity contribution in [2.45, 2.75) is 46.0 Å². The van der Waals surface area contributed by atoms with E-state index in [0.717, 1.165) is 32.1 Å². The molecule has 0 spiro atoms. The van der Waals surface area contributed by atoms with E-state index in [1.807, 2.05) is 23.7 Å². The highest BCUT2D eigenvalue weighted by Gasteiger charge is 2.19. The van der Waals surface area contributed by atoms with Gasteiger partial charge < -0.3 is 5.73 Å². The lowest BCUT2D eigenvalue weighted by Crippen LogP contribution is -1.95. The van der Waals surface area contributed by atoms with Gasteiger partial charge in [-0.2, -0.15) is 5.10 Å². The second-order valence-corrected chi connectivity index (χ2v) is 6.58. The zero-order chi connectivity index (χ0) is 17.4. The highest BCUT2D eigenvalue weighted by molar-refractivity contribution is 7.17. The summed E-state index contributed by atoms with van der Waals surface area (Å²) in [5, 5.41) is 7.02. The summed E-state index contributed by atoms with van der Waals surface area (Å²) < 4.78 is 0. The van der Waals surface area contributed by atoms with Crippen LogP contribution in [0.3, 0.4) is 0 Å². The molecule has 0 fully saturated rings. The fourth-order valence-electron chi connectivity index (χ4n) is 2.75. The minimum absolute atomic E-state index is 0.250. The molecule has 3 N–H and O–H groups in total. The van der Waals surface area contributed by atoms with Crippen molar-refractivity contribution in [2.75, 3.05) is 0 Å². The predicted molar refractivity (Wildman–Crippen MR) is 102 cm³/mol. The number of nitrogens with two attached hydrogens (primary N) is 1. The number of amides is 1. The van der Waals surface area contributed by atoms with Gasteiger partial charge in [-0.15, -0.1) is 11.3 Å². The van der Waals surface area contributed by atoms with Gasteiger partial charge >= 0.3 is 0 Å². The van der Waals surface area contributed by atoms with Gasteiger partial charge in [0.05, 0.1) is 16.8 Å². The molecule has 128 valence electrons. The lowest BCUT2D eigenvalue weighted by molar-refractivity contribution is -0.106. The summed E-state index contributed by atoms with van der Waals surface area (Å²) in [5.41, 5.74) is 9.24. The summed E-state index contributed by atoms with van der Waals surface area (Å²) in [6, 6.07) is 0. The molecule has 2 aromatic heterocycles. The number of nitrogens with zero attached hydrogens (tertiary/aromatic N) is 2. The van der Waals surface area contributed by atoms with E-state index in [0.29, 0.717) is 0 Å². The number of aliphatic imine (C=N–C) groups is 1. The molecule has 0 saturated heterocycles. The van der Waals surface area contributed by atoms with Gasteiger partial charge in [-0.05, 0) is 24.5 Å². The van der Waals surface area contributed by atoms with E-state index in [-0.39, 0.29) is 6.41 Å². The molecule has 0 aromatic carbocycles. The molecule has 3 rings (SSSR count). The van der Waals surface area contributed by atoms with E-state index < -0.39 is 0 Å². The maximum atomic E-state index is 8.58. The standard InChI is InChI=1S/C17H21N3S.CH3NO/c1-3-6-13-8-5-9-15-16(20-13)14(7-4-2)17(21-15)12-10-18-19-11-12;2-1-3/h5,9-11H,3-4,6-8H2,1-2H3,(H,18,19);1H,(H2,2,3). The summed E-state index contributed by atoms with van der Waals surface area (Å²) in [4.78, 5) is 16.2. The highest BCUT2D eigenvalue weighted by Crippen LogP contribution is 2.44. The number of fused-ring (bicyclic) bond motifs is 1. The maximum absolute atomic E-state index is 8.58. The summed E-state index contributed by atoms with van der Waals surface area (Å²) in [6.07, 6.45) is 14.1. The van der Waals surface area contributed by atoms with Crippen LogP contribution in [0.25, 0.3) is 16.5 Å². The Bertz CT molecular complexity index is 714. The Morgan fingerprint density at radius 3 is 2.71 bits per heavy atom. The molecular formula is C18H24N4OS. The zero-order valence-electron chi connectivity index (χ0n) is 14.2. The number of aromatic amines is 1. The number of aromatic nitrogens is 2. The third kappa shape index (κ3) is 4.20. The number of carbonyl (C=O) groups is 1. The SMILES string of the molecule is CCCC1=Nc2c(sc(-c3cn[nH]c3)c2CCC)C=CC1.NC=O. The van der Waals surface area contributed by atoms with Gasteiger partial charge in [0.1, 0.15) is 0 Å². The first-order chi connectivity index (χ1) is 11.7. The van der Waals surface area contributed by atoms with Gasteiger partial charge in [0.2, 0.25) is 6.41 Å². The van der Waals surface area contributed by atoms with Gasteiger partial charge in [-0.1, -0.05) is 32.8 Å². The third-order valence-corrected chi connectivity index (χ3v) is 4.93. The average Bonchev–Trinajstić information content (AvgIpc) is 3.14. The molecule has 0 saturated carbocycles. The minimum Gasteiger partial charge on any atom is -0.372 e. The number of hydrogen-bond acceptors (Lipinski definition) is 4. The predicted octanol–water partition coefficient (Wildman–Crippen LogP) is 4.48. The maximum Gasteiger partial charge on any atom is 0.204 e. The molecule has 0 aliphatic carbocycles. The molecule has 2 aromatic rings. The molecule has 0 unspecified atom stereocenters. The first-order valence-corrected chi connectivity index (χ1v) is 9.09. The number of rotatable bonds is 5. The second kappa shape index (κ2) is 9.17. The van der Waals surface area contributed by atoms with Crippen LogP contribution in [-0.2, 0) is 11.2 Å². The summed E-state index contributed by atoms with van der Waals surface area (Å²) in [6.45, 7) is 4.45. The Balaban J connectivity index is 0.000000647. The van der Waals surface area contributed by atoms with Gasteiger partial charge in [0, 0.05) is 28.8 Å². The molecule has 0 radical (unpaired) electrons. The van der Waals surface area contributed by atoms with Crippen LogP contribution < -0.4 is 5.73 Å². The number of primary amides is 1. The van der Waals surface area contributed by atoms with Gasteiger partial charge in [0.25, 0.3) is 0 Å².